The van der Waals surface area contributed by atoms with E-state index in [0.717, 1.165) is 11.3 Å². The van der Waals surface area contributed by atoms with Crippen LogP contribution < -0.4 is 16.0 Å². The van der Waals surface area contributed by atoms with E-state index < -0.39 is 0 Å². The lowest BCUT2D eigenvalue weighted by Crippen LogP contribution is -2.27. The minimum Gasteiger partial charge on any atom is -0.398 e. The first kappa shape index (κ1) is 14.9. The van der Waals surface area contributed by atoms with E-state index in [0.29, 0.717) is 11.3 Å². The molecule has 110 valence electrons. The molecular formula is C17H21N3O. The van der Waals surface area contributed by atoms with Crippen LogP contribution in [0.2, 0.25) is 0 Å². The fraction of sp³-hybridized carbons (Fsp3) is 0.235. The molecule has 4 heteroatoms. The lowest BCUT2D eigenvalue weighted by Gasteiger charge is -2.17. The molecule has 0 radical (unpaired) electrons. The minimum atomic E-state index is -0.137. The van der Waals surface area contributed by atoms with Crippen LogP contribution >= 0.6 is 0 Å². The molecule has 0 aliphatic rings. The molecule has 0 heterocycles. The maximum atomic E-state index is 12.3. The van der Waals surface area contributed by atoms with Gasteiger partial charge < -0.3 is 16.0 Å². The average Bonchev–Trinajstić information content (AvgIpc) is 2.47. The van der Waals surface area contributed by atoms with Crippen molar-refractivity contribution in [3.05, 3.63) is 59.7 Å². The molecule has 4 nitrogen and oxygen atoms in total. The van der Waals surface area contributed by atoms with Crippen molar-refractivity contribution in [2.24, 2.45) is 0 Å². The Labute approximate surface area is 125 Å². The molecule has 0 aliphatic heterocycles. The third-order valence-electron chi connectivity index (χ3n) is 3.43. The monoisotopic (exact) mass is 283 g/mol. The summed E-state index contributed by atoms with van der Waals surface area (Å²) in [7, 11) is 3.90. The Morgan fingerprint density at radius 1 is 1.14 bits per heavy atom. The number of nitrogens with zero attached hydrogens (tertiary/aromatic N) is 1. The molecule has 2 rings (SSSR count). The number of rotatable bonds is 4. The second-order valence-corrected chi connectivity index (χ2v) is 5.27. The molecule has 0 aliphatic carbocycles. The summed E-state index contributed by atoms with van der Waals surface area (Å²) in [6.07, 6.45) is 0. The molecule has 0 fully saturated rings. The Kier molecular flexibility index (Phi) is 4.48. The van der Waals surface area contributed by atoms with Crippen LogP contribution in [0.5, 0.6) is 0 Å². The van der Waals surface area contributed by atoms with Crippen molar-refractivity contribution >= 4 is 17.3 Å². The molecule has 21 heavy (non-hydrogen) atoms. The topological polar surface area (TPSA) is 58.4 Å². The van der Waals surface area contributed by atoms with Crippen LogP contribution in [-0.2, 0) is 0 Å². The number of hydrogen-bond donors (Lipinski definition) is 2. The normalized spacial score (nSPS) is 11.8. The van der Waals surface area contributed by atoms with Crippen LogP contribution in [0.25, 0.3) is 0 Å². The van der Waals surface area contributed by atoms with Gasteiger partial charge in [-0.05, 0) is 36.8 Å². The van der Waals surface area contributed by atoms with Crippen LogP contribution in [0.1, 0.15) is 28.9 Å². The zero-order valence-electron chi connectivity index (χ0n) is 12.6. The molecule has 1 unspecified atom stereocenters. The van der Waals surface area contributed by atoms with Crippen LogP contribution in [0.15, 0.2) is 48.5 Å². The van der Waals surface area contributed by atoms with Crippen molar-refractivity contribution in [1.29, 1.82) is 0 Å². The zero-order valence-corrected chi connectivity index (χ0v) is 12.6. The largest absolute Gasteiger partial charge is 0.398 e. The average molecular weight is 283 g/mol. The van der Waals surface area contributed by atoms with Gasteiger partial charge in [0.05, 0.1) is 6.04 Å². The molecular weight excluding hydrogens is 262 g/mol. The van der Waals surface area contributed by atoms with Crippen molar-refractivity contribution < 1.29 is 4.79 Å². The smallest absolute Gasteiger partial charge is 0.251 e. The van der Waals surface area contributed by atoms with Gasteiger partial charge in [-0.25, -0.2) is 0 Å². The van der Waals surface area contributed by atoms with Crippen LogP contribution in [0.4, 0.5) is 11.4 Å². The van der Waals surface area contributed by atoms with E-state index in [-0.39, 0.29) is 11.9 Å². The molecule has 1 amide bonds. The van der Waals surface area contributed by atoms with Crippen molar-refractivity contribution in [3.8, 4) is 0 Å². The highest BCUT2D eigenvalue weighted by Gasteiger charge is 2.13. The van der Waals surface area contributed by atoms with E-state index in [1.54, 1.807) is 0 Å². The standard InChI is InChI=1S/C17H21N3O/c1-12(15-9-4-5-10-16(15)18)19-17(21)13-7-6-8-14(11-13)20(2)3/h4-12H,18H2,1-3H3,(H,19,21). The van der Waals surface area contributed by atoms with Crippen molar-refractivity contribution in [2.75, 3.05) is 24.7 Å². The predicted molar refractivity (Wildman–Crippen MR) is 87.5 cm³/mol. The Balaban J connectivity index is 2.15. The summed E-state index contributed by atoms with van der Waals surface area (Å²) < 4.78 is 0. The number of para-hydroxylation sites is 1. The van der Waals surface area contributed by atoms with Gasteiger partial charge in [-0.3, -0.25) is 4.79 Å². The number of nitrogen functional groups attached to an aromatic ring is 1. The molecule has 0 spiro atoms. The van der Waals surface area contributed by atoms with Gasteiger partial charge in [0, 0.05) is 31.0 Å². The SMILES string of the molecule is CC(NC(=O)c1cccc(N(C)C)c1)c1ccccc1N. The summed E-state index contributed by atoms with van der Waals surface area (Å²) in [6, 6.07) is 15.0. The maximum absolute atomic E-state index is 12.3. The summed E-state index contributed by atoms with van der Waals surface area (Å²) in [5, 5.41) is 2.98. The summed E-state index contributed by atoms with van der Waals surface area (Å²) in [4.78, 5) is 14.3. The first-order valence-corrected chi connectivity index (χ1v) is 6.91. The van der Waals surface area contributed by atoms with E-state index in [2.05, 4.69) is 5.32 Å². The number of carbonyl (C=O) groups excluding carboxylic acids is 1. The number of nitrogens with two attached hydrogens (primary N) is 1. The second kappa shape index (κ2) is 6.31. The van der Waals surface area contributed by atoms with Crippen molar-refractivity contribution in [2.45, 2.75) is 13.0 Å². The molecule has 2 aromatic rings. The van der Waals surface area contributed by atoms with Gasteiger partial charge in [-0.2, -0.15) is 0 Å². The van der Waals surface area contributed by atoms with Crippen molar-refractivity contribution in [3.63, 3.8) is 0 Å². The first-order chi connectivity index (χ1) is 9.99. The fourth-order valence-electron chi connectivity index (χ4n) is 2.19. The van der Waals surface area contributed by atoms with E-state index >= 15 is 0 Å². The predicted octanol–water partition coefficient (Wildman–Crippen LogP) is 2.83. The first-order valence-electron chi connectivity index (χ1n) is 6.91. The summed E-state index contributed by atoms with van der Waals surface area (Å²) in [5.41, 5.74) is 9.19. The molecule has 0 bridgehead atoms. The van der Waals surface area contributed by atoms with Crippen LogP contribution in [0, 0.1) is 0 Å². The molecule has 0 aromatic heterocycles. The number of amides is 1. The van der Waals surface area contributed by atoms with E-state index in [1.165, 1.54) is 0 Å². The molecule has 3 N–H and O–H groups in total. The van der Waals surface area contributed by atoms with Crippen LogP contribution in [-0.4, -0.2) is 20.0 Å². The molecule has 0 saturated heterocycles. The van der Waals surface area contributed by atoms with Crippen LogP contribution in [0.3, 0.4) is 0 Å². The Bertz CT molecular complexity index is 637. The third-order valence-corrected chi connectivity index (χ3v) is 3.43. The Morgan fingerprint density at radius 3 is 2.52 bits per heavy atom. The van der Waals surface area contributed by atoms with Gasteiger partial charge in [-0.1, -0.05) is 24.3 Å². The Hall–Kier alpha value is -2.49. The number of carbonyl (C=O) groups is 1. The second-order valence-electron chi connectivity index (χ2n) is 5.27. The third kappa shape index (κ3) is 3.54. The zero-order chi connectivity index (χ0) is 15.4. The van der Waals surface area contributed by atoms with Gasteiger partial charge in [0.1, 0.15) is 0 Å². The van der Waals surface area contributed by atoms with Crippen molar-refractivity contribution in [1.82, 2.24) is 5.32 Å². The maximum Gasteiger partial charge on any atom is 0.251 e. The molecule has 0 saturated carbocycles. The lowest BCUT2D eigenvalue weighted by atomic mass is 10.1. The minimum absolute atomic E-state index is 0.102. The quantitative estimate of drug-likeness (QED) is 0.848. The number of nitrogens with one attached hydrogen (secondary N) is 1. The molecule has 1 atom stereocenters. The highest BCUT2D eigenvalue weighted by atomic mass is 16.1. The van der Waals surface area contributed by atoms with Gasteiger partial charge >= 0.3 is 0 Å². The van der Waals surface area contributed by atoms with Gasteiger partial charge in [-0.15, -0.1) is 0 Å². The lowest BCUT2D eigenvalue weighted by molar-refractivity contribution is 0.0940. The highest BCUT2D eigenvalue weighted by molar-refractivity contribution is 5.95. The number of benzene rings is 2. The molecule has 2 aromatic carbocycles. The van der Waals surface area contributed by atoms with Gasteiger partial charge in [0.25, 0.3) is 5.91 Å². The van der Waals surface area contributed by atoms with Gasteiger partial charge in [0.2, 0.25) is 0 Å². The Morgan fingerprint density at radius 2 is 1.86 bits per heavy atom. The summed E-state index contributed by atoms with van der Waals surface area (Å²) >= 11 is 0. The fourth-order valence-corrected chi connectivity index (χ4v) is 2.19. The van der Waals surface area contributed by atoms with E-state index in [9.17, 15) is 4.79 Å². The summed E-state index contributed by atoms with van der Waals surface area (Å²) in [6.45, 7) is 1.93. The van der Waals surface area contributed by atoms with E-state index in [1.807, 2.05) is 74.4 Å². The number of anilines is 2. The van der Waals surface area contributed by atoms with E-state index in [4.69, 9.17) is 5.73 Å². The highest BCUT2D eigenvalue weighted by Crippen LogP contribution is 2.20. The number of hydrogen-bond acceptors (Lipinski definition) is 3. The summed E-state index contributed by atoms with van der Waals surface area (Å²) in [5.74, 6) is -0.102. The van der Waals surface area contributed by atoms with Gasteiger partial charge in [0.15, 0.2) is 0 Å².